The van der Waals surface area contributed by atoms with Crippen LogP contribution in [0.3, 0.4) is 0 Å². The Morgan fingerprint density at radius 3 is 2.91 bits per heavy atom. The van der Waals surface area contributed by atoms with Gasteiger partial charge < -0.3 is 14.8 Å². The first-order chi connectivity index (χ1) is 11.1. The highest BCUT2D eigenvalue weighted by atomic mass is 16.5. The highest BCUT2D eigenvalue weighted by Gasteiger charge is 2.16. The van der Waals surface area contributed by atoms with Crippen LogP contribution < -0.4 is 5.32 Å². The molecule has 23 heavy (non-hydrogen) atoms. The van der Waals surface area contributed by atoms with E-state index in [1.165, 1.54) is 6.08 Å². The lowest BCUT2D eigenvalue weighted by atomic mass is 10.0. The number of carbonyl (C=O) groups is 1. The van der Waals surface area contributed by atoms with Crippen molar-refractivity contribution in [3.63, 3.8) is 0 Å². The summed E-state index contributed by atoms with van der Waals surface area (Å²) in [5.74, 6) is -0.421. The lowest BCUT2D eigenvalue weighted by Gasteiger charge is -2.25. The lowest BCUT2D eigenvalue weighted by molar-refractivity contribution is -0.137. The summed E-state index contributed by atoms with van der Waals surface area (Å²) in [5.41, 5.74) is 2.47. The SMILES string of the molecule is CCOC(=O)/C=C(\C)C(=N)c1ccccc1NC1CCCCO1. The fraction of sp³-hybridized carbons (Fsp3) is 0.444. The number of anilines is 1. The number of hydrogen-bond acceptors (Lipinski definition) is 5. The predicted octanol–water partition coefficient (Wildman–Crippen LogP) is 3.50. The van der Waals surface area contributed by atoms with E-state index in [0.29, 0.717) is 17.9 Å². The molecule has 1 aromatic rings. The van der Waals surface area contributed by atoms with Gasteiger partial charge in [-0.15, -0.1) is 0 Å². The van der Waals surface area contributed by atoms with Crippen LogP contribution in [0, 0.1) is 5.41 Å². The molecule has 1 fully saturated rings. The molecular weight excluding hydrogens is 292 g/mol. The van der Waals surface area contributed by atoms with Crippen LogP contribution in [-0.4, -0.2) is 31.1 Å². The minimum Gasteiger partial charge on any atom is -0.463 e. The first kappa shape index (κ1) is 17.2. The Balaban J connectivity index is 2.15. The number of esters is 1. The summed E-state index contributed by atoms with van der Waals surface area (Å²) >= 11 is 0. The summed E-state index contributed by atoms with van der Waals surface area (Å²) < 4.78 is 10.6. The third kappa shape index (κ3) is 4.93. The number of carbonyl (C=O) groups excluding carboxylic acids is 1. The molecule has 0 spiro atoms. The molecule has 1 atom stereocenters. The van der Waals surface area contributed by atoms with Gasteiger partial charge in [0.1, 0.15) is 6.23 Å². The molecule has 1 heterocycles. The topological polar surface area (TPSA) is 71.4 Å². The molecule has 124 valence electrons. The first-order valence-corrected chi connectivity index (χ1v) is 8.03. The van der Waals surface area contributed by atoms with Crippen molar-refractivity contribution in [1.29, 1.82) is 5.41 Å². The molecule has 0 amide bonds. The van der Waals surface area contributed by atoms with Crippen molar-refractivity contribution >= 4 is 17.4 Å². The van der Waals surface area contributed by atoms with Gasteiger partial charge in [-0.25, -0.2) is 4.79 Å². The van der Waals surface area contributed by atoms with Gasteiger partial charge in [-0.1, -0.05) is 18.2 Å². The third-order valence-electron chi connectivity index (χ3n) is 3.71. The number of hydrogen-bond donors (Lipinski definition) is 2. The largest absolute Gasteiger partial charge is 0.463 e. The molecule has 2 N–H and O–H groups in total. The van der Waals surface area contributed by atoms with Crippen molar-refractivity contribution in [2.75, 3.05) is 18.5 Å². The molecule has 0 radical (unpaired) electrons. The average molecular weight is 316 g/mol. The Bertz CT molecular complexity index is 590. The standard InChI is InChI=1S/C18H24N2O3/c1-3-22-17(21)12-13(2)18(19)14-8-4-5-9-15(14)20-16-10-6-7-11-23-16/h4-5,8-9,12,16,19-20H,3,6-7,10-11H2,1-2H3/b13-12+,19-18?. The molecule has 1 saturated heterocycles. The summed E-state index contributed by atoms with van der Waals surface area (Å²) in [4.78, 5) is 11.6. The van der Waals surface area contributed by atoms with E-state index in [0.717, 1.165) is 37.1 Å². The van der Waals surface area contributed by atoms with E-state index in [1.54, 1.807) is 13.8 Å². The van der Waals surface area contributed by atoms with E-state index in [1.807, 2.05) is 24.3 Å². The van der Waals surface area contributed by atoms with Crippen LogP contribution in [0.15, 0.2) is 35.9 Å². The smallest absolute Gasteiger partial charge is 0.331 e. The fourth-order valence-electron chi connectivity index (χ4n) is 2.50. The second-order valence-corrected chi connectivity index (χ2v) is 5.50. The van der Waals surface area contributed by atoms with Gasteiger partial charge in [-0.3, -0.25) is 5.41 Å². The van der Waals surface area contributed by atoms with Crippen LogP contribution in [0.5, 0.6) is 0 Å². The maximum Gasteiger partial charge on any atom is 0.331 e. The van der Waals surface area contributed by atoms with Crippen LogP contribution in [0.25, 0.3) is 0 Å². The summed E-state index contributed by atoms with van der Waals surface area (Å²) in [7, 11) is 0. The molecule has 0 aromatic heterocycles. The Hall–Kier alpha value is -2.14. The maximum absolute atomic E-state index is 11.6. The Labute approximate surface area is 137 Å². The molecule has 2 rings (SSSR count). The van der Waals surface area contributed by atoms with Crippen LogP contribution in [0.1, 0.15) is 38.7 Å². The number of benzene rings is 1. The molecule has 5 nitrogen and oxygen atoms in total. The number of nitrogens with one attached hydrogen (secondary N) is 2. The molecular formula is C18H24N2O3. The van der Waals surface area contributed by atoms with E-state index in [2.05, 4.69) is 5.32 Å². The lowest BCUT2D eigenvalue weighted by Crippen LogP contribution is -2.28. The summed E-state index contributed by atoms with van der Waals surface area (Å²) in [6, 6.07) is 7.61. The Kier molecular flexibility index (Phi) is 6.35. The van der Waals surface area contributed by atoms with Crippen LogP contribution in [0.2, 0.25) is 0 Å². The van der Waals surface area contributed by atoms with Crippen molar-refractivity contribution in [2.24, 2.45) is 0 Å². The van der Waals surface area contributed by atoms with Crippen molar-refractivity contribution < 1.29 is 14.3 Å². The van der Waals surface area contributed by atoms with Gasteiger partial charge in [0, 0.05) is 23.9 Å². The van der Waals surface area contributed by atoms with Crippen molar-refractivity contribution in [2.45, 2.75) is 39.3 Å². The van der Waals surface area contributed by atoms with Gasteiger partial charge in [0.25, 0.3) is 0 Å². The van der Waals surface area contributed by atoms with E-state index in [-0.39, 0.29) is 6.23 Å². The van der Waals surface area contributed by atoms with Crippen molar-refractivity contribution in [3.05, 3.63) is 41.5 Å². The molecule has 0 aliphatic carbocycles. The van der Waals surface area contributed by atoms with E-state index < -0.39 is 5.97 Å². The van der Waals surface area contributed by atoms with Crippen LogP contribution in [0.4, 0.5) is 5.69 Å². The van der Waals surface area contributed by atoms with E-state index >= 15 is 0 Å². The number of ether oxygens (including phenoxy) is 2. The summed E-state index contributed by atoms with van der Waals surface area (Å²) in [5, 5.41) is 11.7. The molecule has 0 saturated carbocycles. The van der Waals surface area contributed by atoms with Crippen molar-refractivity contribution in [3.8, 4) is 0 Å². The van der Waals surface area contributed by atoms with Crippen LogP contribution >= 0.6 is 0 Å². The summed E-state index contributed by atoms with van der Waals surface area (Å²) in [6.07, 6.45) is 4.53. The van der Waals surface area contributed by atoms with Crippen molar-refractivity contribution in [1.82, 2.24) is 0 Å². The Morgan fingerprint density at radius 1 is 1.43 bits per heavy atom. The van der Waals surface area contributed by atoms with Gasteiger partial charge >= 0.3 is 5.97 Å². The van der Waals surface area contributed by atoms with Gasteiger partial charge in [0.15, 0.2) is 0 Å². The summed E-state index contributed by atoms with van der Waals surface area (Å²) in [6.45, 7) is 4.59. The second-order valence-electron chi connectivity index (χ2n) is 5.50. The highest BCUT2D eigenvalue weighted by Crippen LogP contribution is 2.22. The zero-order valence-corrected chi connectivity index (χ0v) is 13.7. The van der Waals surface area contributed by atoms with Crippen LogP contribution in [-0.2, 0) is 14.3 Å². The van der Waals surface area contributed by atoms with Gasteiger partial charge in [-0.2, -0.15) is 0 Å². The molecule has 1 aliphatic rings. The molecule has 0 bridgehead atoms. The first-order valence-electron chi connectivity index (χ1n) is 8.03. The second kappa shape index (κ2) is 8.48. The van der Waals surface area contributed by atoms with E-state index in [9.17, 15) is 4.79 Å². The minimum absolute atomic E-state index is 0.0213. The molecule has 1 unspecified atom stereocenters. The van der Waals surface area contributed by atoms with E-state index in [4.69, 9.17) is 14.9 Å². The Morgan fingerprint density at radius 2 is 2.22 bits per heavy atom. The number of para-hydroxylation sites is 1. The maximum atomic E-state index is 11.6. The number of allylic oxidation sites excluding steroid dienone is 1. The average Bonchev–Trinajstić information content (AvgIpc) is 2.56. The van der Waals surface area contributed by atoms with Gasteiger partial charge in [-0.05, 0) is 44.7 Å². The monoisotopic (exact) mass is 316 g/mol. The molecule has 1 aromatic carbocycles. The highest BCUT2D eigenvalue weighted by molar-refractivity contribution is 6.15. The van der Waals surface area contributed by atoms with Gasteiger partial charge in [0.05, 0.1) is 12.3 Å². The number of rotatable bonds is 6. The fourth-order valence-corrected chi connectivity index (χ4v) is 2.50. The normalized spacial score (nSPS) is 18.3. The molecule has 1 aliphatic heterocycles. The third-order valence-corrected chi connectivity index (χ3v) is 3.71. The molecule has 5 heteroatoms. The zero-order valence-electron chi connectivity index (χ0n) is 13.7. The quantitative estimate of drug-likeness (QED) is 0.479. The van der Waals surface area contributed by atoms with Gasteiger partial charge in [0.2, 0.25) is 0 Å². The minimum atomic E-state index is -0.421. The zero-order chi connectivity index (χ0) is 16.7. The predicted molar refractivity (Wildman–Crippen MR) is 90.9 cm³/mol.